The molecular formula is C28H19NO5. The first-order chi connectivity index (χ1) is 16.5. The van der Waals surface area contributed by atoms with Crippen molar-refractivity contribution in [1.29, 1.82) is 5.26 Å². The molecule has 0 heterocycles. The van der Waals surface area contributed by atoms with Gasteiger partial charge in [0.25, 0.3) is 0 Å². The fourth-order valence-electron chi connectivity index (χ4n) is 3.57. The molecule has 166 valence electrons. The number of allylic oxidation sites excluding steroid dienone is 1. The van der Waals surface area contributed by atoms with Gasteiger partial charge >= 0.3 is 11.9 Å². The number of hydrogen-bond donors (Lipinski definition) is 2. The zero-order valence-electron chi connectivity index (χ0n) is 17.9. The van der Waals surface area contributed by atoms with Crippen molar-refractivity contribution >= 4 is 34.4 Å². The van der Waals surface area contributed by atoms with Gasteiger partial charge in [0.2, 0.25) is 0 Å². The number of carboxylic acid groups (broad SMARTS) is 2. The molecule has 0 atom stereocenters. The third-order valence-corrected chi connectivity index (χ3v) is 5.38. The molecule has 0 unspecified atom stereocenters. The van der Waals surface area contributed by atoms with Crippen LogP contribution in [0.25, 0.3) is 22.4 Å². The lowest BCUT2D eigenvalue weighted by Crippen LogP contribution is -2.00. The van der Waals surface area contributed by atoms with E-state index in [-0.39, 0.29) is 17.7 Å². The summed E-state index contributed by atoms with van der Waals surface area (Å²) in [6.07, 6.45) is 1.74. The van der Waals surface area contributed by atoms with Crippen LogP contribution >= 0.6 is 0 Å². The van der Waals surface area contributed by atoms with Gasteiger partial charge in [-0.3, -0.25) is 0 Å². The van der Waals surface area contributed by atoms with Crippen molar-refractivity contribution in [3.63, 3.8) is 0 Å². The monoisotopic (exact) mass is 449 g/mol. The molecule has 4 rings (SSSR count). The summed E-state index contributed by atoms with van der Waals surface area (Å²) >= 11 is 0. The minimum Gasteiger partial charge on any atom is -0.488 e. The number of hydrogen-bond acceptors (Lipinski definition) is 4. The van der Waals surface area contributed by atoms with Gasteiger partial charge in [0.05, 0.1) is 22.8 Å². The lowest BCUT2D eigenvalue weighted by atomic mass is 9.98. The van der Waals surface area contributed by atoms with Crippen molar-refractivity contribution in [1.82, 2.24) is 0 Å². The summed E-state index contributed by atoms with van der Waals surface area (Å²) in [7, 11) is 0. The van der Waals surface area contributed by atoms with Crippen LogP contribution in [0.3, 0.4) is 0 Å². The first-order valence-corrected chi connectivity index (χ1v) is 10.4. The Kier molecular flexibility index (Phi) is 6.38. The van der Waals surface area contributed by atoms with Crippen LogP contribution in [0.5, 0.6) is 5.75 Å². The molecule has 0 aromatic heterocycles. The number of ether oxygens (including phenoxy) is 1. The Morgan fingerprint density at radius 1 is 0.794 bits per heavy atom. The van der Waals surface area contributed by atoms with Crippen molar-refractivity contribution in [2.75, 3.05) is 0 Å². The van der Waals surface area contributed by atoms with Gasteiger partial charge in [-0.05, 0) is 58.3 Å². The molecule has 0 radical (unpaired) electrons. The third-order valence-electron chi connectivity index (χ3n) is 5.38. The summed E-state index contributed by atoms with van der Waals surface area (Å²) in [5.74, 6) is -1.46. The summed E-state index contributed by atoms with van der Waals surface area (Å²) in [5.41, 5.74) is 2.83. The van der Waals surface area contributed by atoms with Crippen molar-refractivity contribution in [2.24, 2.45) is 0 Å². The van der Waals surface area contributed by atoms with E-state index < -0.39 is 11.9 Å². The average molecular weight is 449 g/mol. The smallest absolute Gasteiger partial charge is 0.335 e. The second-order valence-corrected chi connectivity index (χ2v) is 7.54. The molecule has 0 fully saturated rings. The van der Waals surface area contributed by atoms with Gasteiger partial charge in [-0.1, -0.05) is 54.6 Å². The Morgan fingerprint density at radius 3 is 2.00 bits per heavy atom. The zero-order chi connectivity index (χ0) is 24.1. The van der Waals surface area contributed by atoms with E-state index in [9.17, 15) is 14.9 Å². The molecule has 0 aliphatic rings. The summed E-state index contributed by atoms with van der Waals surface area (Å²) in [4.78, 5) is 22.2. The molecule has 6 nitrogen and oxygen atoms in total. The Bertz CT molecular complexity index is 1450. The molecule has 34 heavy (non-hydrogen) atoms. The minimum atomic E-state index is -1.03. The standard InChI is InChI=1S/C28H19NO5/c29-16-23(19-9-11-22(12-10-19)28(32)33)15-25-24-4-2-1-3-20(24)13-14-26(25)34-17-18-5-7-21(8-6-18)27(30)31/h1-15H,17H2,(H,30,31)(H,32,33)/b23-15-. The lowest BCUT2D eigenvalue weighted by molar-refractivity contribution is 0.0686. The van der Waals surface area contributed by atoms with E-state index in [1.807, 2.05) is 36.4 Å². The van der Waals surface area contributed by atoms with Crippen LogP contribution in [0.2, 0.25) is 0 Å². The van der Waals surface area contributed by atoms with Gasteiger partial charge in [0, 0.05) is 5.56 Å². The van der Waals surface area contributed by atoms with Gasteiger partial charge in [-0.2, -0.15) is 5.26 Å². The summed E-state index contributed by atoms with van der Waals surface area (Å²) in [6, 6.07) is 26.3. The molecule has 0 aliphatic heterocycles. The SMILES string of the molecule is N#C/C(=C/c1c(OCc2ccc(C(=O)O)cc2)ccc2ccccc12)c1ccc(C(=O)O)cc1. The maximum absolute atomic E-state index is 11.1. The molecule has 0 spiro atoms. The number of nitriles is 1. The molecule has 2 N–H and O–H groups in total. The van der Waals surface area contributed by atoms with E-state index in [1.54, 1.807) is 30.3 Å². The molecular weight excluding hydrogens is 430 g/mol. The first-order valence-electron chi connectivity index (χ1n) is 10.4. The maximum Gasteiger partial charge on any atom is 0.335 e. The second kappa shape index (κ2) is 9.72. The molecule has 0 saturated carbocycles. The van der Waals surface area contributed by atoms with E-state index in [0.717, 1.165) is 21.9 Å². The number of carbonyl (C=O) groups is 2. The van der Waals surface area contributed by atoms with Crippen LogP contribution in [0.4, 0.5) is 0 Å². The number of fused-ring (bicyclic) bond motifs is 1. The van der Waals surface area contributed by atoms with Crippen LogP contribution in [0.1, 0.15) is 37.4 Å². The Labute approximate surface area is 195 Å². The molecule has 4 aromatic rings. The second-order valence-electron chi connectivity index (χ2n) is 7.54. The van der Waals surface area contributed by atoms with E-state index in [0.29, 0.717) is 16.9 Å². The van der Waals surface area contributed by atoms with Crippen LogP contribution < -0.4 is 4.74 Å². The number of rotatable bonds is 7. The quantitative estimate of drug-likeness (QED) is 0.269. The zero-order valence-corrected chi connectivity index (χ0v) is 17.9. The van der Waals surface area contributed by atoms with Gasteiger partial charge in [-0.25, -0.2) is 9.59 Å². The molecule has 0 aliphatic carbocycles. The van der Waals surface area contributed by atoms with Crippen LogP contribution in [0.15, 0.2) is 84.9 Å². The largest absolute Gasteiger partial charge is 0.488 e. The number of nitrogens with zero attached hydrogens (tertiary/aromatic N) is 1. The lowest BCUT2D eigenvalue weighted by Gasteiger charge is -2.13. The summed E-state index contributed by atoms with van der Waals surface area (Å²) in [6.45, 7) is 0.217. The van der Waals surface area contributed by atoms with Crippen molar-refractivity contribution in [3.8, 4) is 11.8 Å². The number of carboxylic acids is 2. The highest BCUT2D eigenvalue weighted by Gasteiger charge is 2.11. The highest BCUT2D eigenvalue weighted by Crippen LogP contribution is 2.32. The van der Waals surface area contributed by atoms with E-state index in [4.69, 9.17) is 14.9 Å². The fourth-order valence-corrected chi connectivity index (χ4v) is 3.57. The number of benzene rings is 4. The first kappa shape index (κ1) is 22.3. The van der Waals surface area contributed by atoms with Crippen LogP contribution in [0, 0.1) is 11.3 Å². The van der Waals surface area contributed by atoms with Gasteiger partial charge in [-0.15, -0.1) is 0 Å². The van der Waals surface area contributed by atoms with Crippen LogP contribution in [-0.4, -0.2) is 22.2 Å². The van der Waals surface area contributed by atoms with Crippen LogP contribution in [-0.2, 0) is 6.61 Å². The van der Waals surface area contributed by atoms with E-state index >= 15 is 0 Å². The minimum absolute atomic E-state index is 0.143. The predicted octanol–water partition coefficient (Wildman–Crippen LogP) is 5.88. The number of aromatic carboxylic acids is 2. The highest BCUT2D eigenvalue weighted by molar-refractivity contribution is 6.00. The molecule has 0 saturated heterocycles. The van der Waals surface area contributed by atoms with Crippen molar-refractivity contribution < 1.29 is 24.5 Å². The Balaban J connectivity index is 1.72. The van der Waals surface area contributed by atoms with Gasteiger partial charge in [0.15, 0.2) is 0 Å². The normalized spacial score (nSPS) is 11.1. The van der Waals surface area contributed by atoms with Gasteiger partial charge < -0.3 is 14.9 Å². The van der Waals surface area contributed by atoms with Gasteiger partial charge in [0.1, 0.15) is 12.4 Å². The van der Waals surface area contributed by atoms with E-state index in [2.05, 4.69) is 6.07 Å². The highest BCUT2D eigenvalue weighted by atomic mass is 16.5. The average Bonchev–Trinajstić information content (AvgIpc) is 2.86. The maximum atomic E-state index is 11.1. The predicted molar refractivity (Wildman–Crippen MR) is 129 cm³/mol. The fraction of sp³-hybridized carbons (Fsp3) is 0.0357. The molecule has 6 heteroatoms. The topological polar surface area (TPSA) is 108 Å². The Morgan fingerprint density at radius 2 is 1.38 bits per heavy atom. The van der Waals surface area contributed by atoms with Crippen molar-refractivity contribution in [2.45, 2.75) is 6.61 Å². The molecule has 0 bridgehead atoms. The summed E-state index contributed by atoms with van der Waals surface area (Å²) in [5, 5.41) is 29.9. The Hall–Kier alpha value is -4.89. The summed E-state index contributed by atoms with van der Waals surface area (Å²) < 4.78 is 6.08. The van der Waals surface area contributed by atoms with E-state index in [1.165, 1.54) is 24.3 Å². The third kappa shape index (κ3) is 4.79. The molecule has 4 aromatic carbocycles. The molecule has 0 amide bonds. The van der Waals surface area contributed by atoms with Crippen molar-refractivity contribution in [3.05, 3.63) is 113 Å².